The fraction of sp³-hybridized carbons (Fsp3) is 0.222. The zero-order valence-electron chi connectivity index (χ0n) is 18.4. The standard InChI is InChI=1S/C27H23BrN3O2.BrH/c28-20-7-5-18(6-8-20)15-29-13-9-19(10-14-29)25(21-16-30-11-1-3-23(30)26(21)32)22-17-31-12-2-4-24(31)27(22)33;/h1-14,21-22,25H,15-17H2;1H/q+1;/p-1. The van der Waals surface area contributed by atoms with E-state index in [0.717, 1.165) is 28.0 Å². The number of benzene rings is 1. The highest BCUT2D eigenvalue weighted by Gasteiger charge is 2.46. The van der Waals surface area contributed by atoms with Crippen LogP contribution in [0.4, 0.5) is 0 Å². The summed E-state index contributed by atoms with van der Waals surface area (Å²) in [4.78, 5) is 26.7. The number of carbonyl (C=O) groups is 2. The minimum absolute atomic E-state index is 0. The molecule has 2 aliphatic rings. The molecule has 1 aromatic carbocycles. The zero-order valence-corrected chi connectivity index (χ0v) is 21.5. The van der Waals surface area contributed by atoms with Gasteiger partial charge in [0, 0.05) is 65.4 Å². The van der Waals surface area contributed by atoms with Crippen LogP contribution in [0.2, 0.25) is 0 Å². The molecular weight excluding hydrogens is 558 g/mol. The van der Waals surface area contributed by atoms with Crippen LogP contribution in [0.3, 0.4) is 0 Å². The summed E-state index contributed by atoms with van der Waals surface area (Å²) >= 11 is 3.48. The van der Waals surface area contributed by atoms with Crippen LogP contribution < -0.4 is 21.5 Å². The maximum Gasteiger partial charge on any atom is 0.184 e. The third kappa shape index (κ3) is 3.91. The summed E-state index contributed by atoms with van der Waals surface area (Å²) in [5.74, 6) is -0.349. The molecule has 5 heterocycles. The van der Waals surface area contributed by atoms with Crippen molar-refractivity contribution in [3.63, 3.8) is 0 Å². The maximum atomic E-state index is 13.3. The second-order valence-corrected chi connectivity index (χ2v) is 9.90. The largest absolute Gasteiger partial charge is 1.00 e. The topological polar surface area (TPSA) is 47.9 Å². The van der Waals surface area contributed by atoms with E-state index in [9.17, 15) is 9.59 Å². The molecule has 0 amide bonds. The van der Waals surface area contributed by atoms with Gasteiger partial charge in [-0.1, -0.05) is 28.1 Å². The molecule has 6 rings (SSSR count). The van der Waals surface area contributed by atoms with E-state index in [1.54, 1.807) is 0 Å². The minimum Gasteiger partial charge on any atom is -1.00 e. The van der Waals surface area contributed by atoms with Gasteiger partial charge in [-0.25, -0.2) is 4.57 Å². The number of aromatic nitrogens is 3. The lowest BCUT2D eigenvalue weighted by Crippen LogP contribution is -3.00. The van der Waals surface area contributed by atoms with Crippen LogP contribution in [0.5, 0.6) is 0 Å². The van der Waals surface area contributed by atoms with Crippen molar-refractivity contribution in [1.82, 2.24) is 9.13 Å². The molecule has 4 aromatic rings. The van der Waals surface area contributed by atoms with Gasteiger partial charge in [-0.3, -0.25) is 9.59 Å². The summed E-state index contributed by atoms with van der Waals surface area (Å²) in [5.41, 5.74) is 3.76. The Balaban J connectivity index is 0.00000241. The van der Waals surface area contributed by atoms with Gasteiger partial charge in [-0.15, -0.1) is 0 Å². The molecule has 5 nitrogen and oxygen atoms in total. The molecule has 0 radical (unpaired) electrons. The van der Waals surface area contributed by atoms with Crippen LogP contribution in [-0.2, 0) is 19.6 Å². The minimum atomic E-state index is -0.234. The van der Waals surface area contributed by atoms with Crippen molar-refractivity contribution in [2.45, 2.75) is 25.6 Å². The van der Waals surface area contributed by atoms with Crippen molar-refractivity contribution in [3.05, 3.63) is 112 Å². The molecule has 0 aliphatic carbocycles. The van der Waals surface area contributed by atoms with Crippen LogP contribution in [0.25, 0.3) is 0 Å². The highest BCUT2D eigenvalue weighted by atomic mass is 79.9. The van der Waals surface area contributed by atoms with Gasteiger partial charge in [0.25, 0.3) is 0 Å². The Morgan fingerprint density at radius 1 is 0.824 bits per heavy atom. The van der Waals surface area contributed by atoms with Gasteiger partial charge in [0.05, 0.1) is 11.4 Å². The first-order chi connectivity index (χ1) is 16.1. The van der Waals surface area contributed by atoms with E-state index in [1.807, 2.05) is 57.9 Å². The number of hydrogen-bond donors (Lipinski definition) is 0. The van der Waals surface area contributed by atoms with E-state index in [0.29, 0.717) is 13.1 Å². The number of ketones is 2. The number of rotatable bonds is 5. The first-order valence-corrected chi connectivity index (χ1v) is 12.0. The SMILES string of the molecule is O=C1c2cccn2CC1C(c1cc[n+](Cc2ccc(Br)cc2)cc1)C1Cn2cccc2C1=O.[Br-]. The van der Waals surface area contributed by atoms with E-state index < -0.39 is 0 Å². The number of halogens is 2. The van der Waals surface area contributed by atoms with E-state index in [4.69, 9.17) is 0 Å². The van der Waals surface area contributed by atoms with Gasteiger partial charge in [0.1, 0.15) is 0 Å². The van der Waals surface area contributed by atoms with Gasteiger partial charge < -0.3 is 26.1 Å². The van der Waals surface area contributed by atoms with Gasteiger partial charge in [-0.05, 0) is 42.0 Å². The summed E-state index contributed by atoms with van der Waals surface area (Å²) < 4.78 is 7.24. The first kappa shape index (κ1) is 23.0. The van der Waals surface area contributed by atoms with Crippen LogP contribution in [0, 0.1) is 11.8 Å². The highest BCUT2D eigenvalue weighted by Crippen LogP contribution is 2.42. The smallest absolute Gasteiger partial charge is 0.184 e. The predicted molar refractivity (Wildman–Crippen MR) is 127 cm³/mol. The summed E-state index contributed by atoms with van der Waals surface area (Å²) in [5, 5.41) is 0. The van der Waals surface area contributed by atoms with Gasteiger partial charge >= 0.3 is 0 Å². The number of Topliss-reactive ketones (excluding diaryl/α,β-unsaturated/α-hetero) is 2. The molecule has 0 saturated carbocycles. The zero-order chi connectivity index (χ0) is 22.5. The molecule has 0 saturated heterocycles. The lowest BCUT2D eigenvalue weighted by atomic mass is 9.74. The maximum absolute atomic E-state index is 13.3. The Kier molecular flexibility index (Phi) is 6.16. The van der Waals surface area contributed by atoms with Crippen molar-refractivity contribution in [2.24, 2.45) is 11.8 Å². The normalized spacial score (nSPS) is 19.6. The number of nitrogens with zero attached hydrogens (tertiary/aromatic N) is 3. The quantitative estimate of drug-likeness (QED) is 0.336. The van der Waals surface area contributed by atoms with E-state index >= 15 is 0 Å². The van der Waals surface area contributed by atoms with Crippen LogP contribution in [0.1, 0.15) is 38.0 Å². The number of pyridine rings is 1. The molecular formula is C27H23Br2N3O2. The summed E-state index contributed by atoms with van der Waals surface area (Å²) in [7, 11) is 0. The van der Waals surface area contributed by atoms with Crippen LogP contribution in [0.15, 0.2) is 89.9 Å². The lowest BCUT2D eigenvalue weighted by Gasteiger charge is -2.27. The van der Waals surface area contributed by atoms with E-state index in [-0.39, 0.29) is 46.3 Å². The second-order valence-electron chi connectivity index (χ2n) is 8.99. The molecule has 34 heavy (non-hydrogen) atoms. The third-order valence-corrected chi connectivity index (χ3v) is 7.60. The molecule has 0 N–H and O–H groups in total. The summed E-state index contributed by atoms with van der Waals surface area (Å²) in [6.45, 7) is 2.01. The Morgan fingerprint density at radius 3 is 1.85 bits per heavy atom. The molecule has 3 aromatic heterocycles. The Labute approximate surface area is 216 Å². The third-order valence-electron chi connectivity index (χ3n) is 7.07. The molecule has 2 unspecified atom stereocenters. The van der Waals surface area contributed by atoms with Crippen LogP contribution >= 0.6 is 15.9 Å². The van der Waals surface area contributed by atoms with Crippen molar-refractivity contribution < 1.29 is 31.1 Å². The van der Waals surface area contributed by atoms with Crippen LogP contribution in [-0.4, -0.2) is 20.7 Å². The van der Waals surface area contributed by atoms with E-state index in [2.05, 4.69) is 57.2 Å². The summed E-state index contributed by atoms with van der Waals surface area (Å²) in [6, 6.07) is 20.1. The fourth-order valence-electron chi connectivity index (χ4n) is 5.46. The number of carbonyl (C=O) groups excluding carboxylic acids is 2. The average Bonchev–Trinajstić information content (AvgIpc) is 3.58. The molecule has 0 fully saturated rings. The monoisotopic (exact) mass is 579 g/mol. The molecule has 0 bridgehead atoms. The van der Waals surface area contributed by atoms with Crippen molar-refractivity contribution in [1.29, 1.82) is 0 Å². The van der Waals surface area contributed by atoms with E-state index in [1.165, 1.54) is 5.56 Å². The first-order valence-electron chi connectivity index (χ1n) is 11.2. The molecule has 172 valence electrons. The summed E-state index contributed by atoms with van der Waals surface area (Å²) in [6.07, 6.45) is 8.04. The average molecular weight is 581 g/mol. The Morgan fingerprint density at radius 2 is 1.35 bits per heavy atom. The Hall–Kier alpha value is -2.77. The lowest BCUT2D eigenvalue weighted by molar-refractivity contribution is -0.688. The van der Waals surface area contributed by atoms with Gasteiger partial charge in [0.2, 0.25) is 0 Å². The predicted octanol–water partition coefficient (Wildman–Crippen LogP) is 1.50. The Bertz CT molecular complexity index is 1300. The second kappa shape index (κ2) is 9.12. The molecule has 2 aliphatic heterocycles. The molecule has 7 heteroatoms. The fourth-order valence-corrected chi connectivity index (χ4v) is 5.72. The highest BCUT2D eigenvalue weighted by molar-refractivity contribution is 9.10. The van der Waals surface area contributed by atoms with Gasteiger partial charge in [-0.2, -0.15) is 0 Å². The van der Waals surface area contributed by atoms with Crippen molar-refractivity contribution >= 4 is 27.5 Å². The van der Waals surface area contributed by atoms with Gasteiger partial charge in [0.15, 0.2) is 30.5 Å². The number of hydrogen-bond acceptors (Lipinski definition) is 2. The molecule has 0 spiro atoms. The van der Waals surface area contributed by atoms with Crippen molar-refractivity contribution in [2.75, 3.05) is 0 Å². The molecule has 2 atom stereocenters. The number of fused-ring (bicyclic) bond motifs is 2. The van der Waals surface area contributed by atoms with Crippen molar-refractivity contribution in [3.8, 4) is 0 Å².